The maximum absolute atomic E-state index is 10.8. The van der Waals surface area contributed by atoms with Crippen LogP contribution in [0.15, 0.2) is 6.20 Å². The van der Waals surface area contributed by atoms with Crippen molar-refractivity contribution in [3.63, 3.8) is 0 Å². The molecule has 2 aliphatic heterocycles. The van der Waals surface area contributed by atoms with Crippen molar-refractivity contribution in [3.8, 4) is 0 Å². The quantitative estimate of drug-likeness (QED) is 0.881. The summed E-state index contributed by atoms with van der Waals surface area (Å²) >= 11 is 0. The van der Waals surface area contributed by atoms with E-state index >= 15 is 0 Å². The van der Waals surface area contributed by atoms with Crippen molar-refractivity contribution in [2.75, 3.05) is 26.2 Å². The van der Waals surface area contributed by atoms with Crippen LogP contribution in [0, 0.1) is 0 Å². The zero-order chi connectivity index (χ0) is 15.0. The lowest BCUT2D eigenvalue weighted by Gasteiger charge is -2.47. The predicted molar refractivity (Wildman–Crippen MR) is 77.3 cm³/mol. The first-order chi connectivity index (χ1) is 10.0. The van der Waals surface area contributed by atoms with Gasteiger partial charge < -0.3 is 10.0 Å². The normalized spacial score (nSPS) is 22.6. The van der Waals surface area contributed by atoms with Crippen molar-refractivity contribution in [1.29, 1.82) is 0 Å². The molecule has 2 fully saturated rings. The Morgan fingerprint density at radius 2 is 1.95 bits per heavy atom. The molecule has 2 saturated heterocycles. The molecule has 0 bridgehead atoms. The Hall–Kier alpha value is -1.47. The number of aromatic nitrogens is 3. The van der Waals surface area contributed by atoms with E-state index in [2.05, 4.69) is 34.0 Å². The van der Waals surface area contributed by atoms with E-state index in [9.17, 15) is 4.79 Å². The van der Waals surface area contributed by atoms with Crippen LogP contribution in [0.25, 0.3) is 0 Å². The average molecular weight is 293 g/mol. The lowest BCUT2D eigenvalue weighted by molar-refractivity contribution is 0.0147. The number of carboxylic acid groups (broad SMARTS) is 1. The zero-order valence-corrected chi connectivity index (χ0v) is 12.6. The van der Waals surface area contributed by atoms with Gasteiger partial charge in [-0.25, -0.2) is 9.48 Å². The fourth-order valence-corrected chi connectivity index (χ4v) is 3.27. The molecule has 7 nitrogen and oxygen atoms in total. The SMILES string of the molecule is CC(C)N1CCC(N2CC(n3cc(C(=O)O)nn3)C2)CC1. The third-order valence-electron chi connectivity index (χ3n) is 4.74. The Balaban J connectivity index is 1.48. The van der Waals surface area contributed by atoms with Gasteiger partial charge in [0.2, 0.25) is 0 Å². The second-order valence-electron chi connectivity index (χ2n) is 6.36. The fourth-order valence-electron chi connectivity index (χ4n) is 3.27. The molecule has 116 valence electrons. The highest BCUT2D eigenvalue weighted by Crippen LogP contribution is 2.28. The first kappa shape index (κ1) is 14.5. The molecule has 1 aromatic heterocycles. The molecule has 7 heteroatoms. The molecule has 0 saturated carbocycles. The Morgan fingerprint density at radius 1 is 1.29 bits per heavy atom. The number of hydrogen-bond acceptors (Lipinski definition) is 5. The molecule has 0 unspecified atom stereocenters. The molecular formula is C14H23N5O2. The topological polar surface area (TPSA) is 74.5 Å². The number of hydrogen-bond donors (Lipinski definition) is 1. The number of carbonyl (C=O) groups is 1. The van der Waals surface area contributed by atoms with E-state index in [4.69, 9.17) is 5.11 Å². The van der Waals surface area contributed by atoms with Gasteiger partial charge in [-0.1, -0.05) is 5.21 Å². The summed E-state index contributed by atoms with van der Waals surface area (Å²) in [5, 5.41) is 16.5. The van der Waals surface area contributed by atoms with Crippen molar-refractivity contribution in [3.05, 3.63) is 11.9 Å². The maximum Gasteiger partial charge on any atom is 0.358 e. The van der Waals surface area contributed by atoms with Crippen molar-refractivity contribution < 1.29 is 9.90 Å². The predicted octanol–water partition coefficient (Wildman–Crippen LogP) is 0.706. The van der Waals surface area contributed by atoms with Gasteiger partial charge in [0, 0.05) is 25.2 Å². The van der Waals surface area contributed by atoms with E-state index in [0.29, 0.717) is 12.1 Å². The van der Waals surface area contributed by atoms with Gasteiger partial charge in [0.25, 0.3) is 0 Å². The van der Waals surface area contributed by atoms with E-state index in [0.717, 1.165) is 13.1 Å². The second-order valence-corrected chi connectivity index (χ2v) is 6.36. The van der Waals surface area contributed by atoms with E-state index in [1.165, 1.54) is 32.1 Å². The zero-order valence-electron chi connectivity index (χ0n) is 12.6. The smallest absolute Gasteiger partial charge is 0.358 e. The highest BCUT2D eigenvalue weighted by atomic mass is 16.4. The average Bonchev–Trinajstić information content (AvgIpc) is 2.87. The van der Waals surface area contributed by atoms with Gasteiger partial charge in [-0.05, 0) is 39.8 Å². The molecule has 0 aromatic carbocycles. The number of likely N-dealkylation sites (tertiary alicyclic amines) is 2. The lowest BCUT2D eigenvalue weighted by Crippen LogP contribution is -2.56. The van der Waals surface area contributed by atoms with Crippen molar-refractivity contribution in [2.24, 2.45) is 0 Å². The minimum atomic E-state index is -1.02. The molecule has 3 rings (SSSR count). The monoisotopic (exact) mass is 293 g/mol. The van der Waals surface area contributed by atoms with E-state index in [-0.39, 0.29) is 11.7 Å². The summed E-state index contributed by atoms with van der Waals surface area (Å²) in [6.45, 7) is 8.77. The Bertz CT molecular complexity index is 501. The summed E-state index contributed by atoms with van der Waals surface area (Å²) < 4.78 is 1.70. The summed E-state index contributed by atoms with van der Waals surface area (Å²) in [6, 6.07) is 1.58. The van der Waals surface area contributed by atoms with E-state index in [1.54, 1.807) is 4.68 Å². The number of aromatic carboxylic acids is 1. The highest BCUT2D eigenvalue weighted by Gasteiger charge is 2.36. The Morgan fingerprint density at radius 3 is 2.48 bits per heavy atom. The molecule has 0 atom stereocenters. The minimum Gasteiger partial charge on any atom is -0.476 e. The van der Waals surface area contributed by atoms with Crippen LogP contribution in [-0.2, 0) is 0 Å². The van der Waals surface area contributed by atoms with Crippen LogP contribution in [0.2, 0.25) is 0 Å². The third kappa shape index (κ3) is 2.94. The lowest BCUT2D eigenvalue weighted by atomic mass is 9.97. The van der Waals surface area contributed by atoms with Crippen molar-refractivity contribution in [2.45, 2.75) is 44.8 Å². The van der Waals surface area contributed by atoms with Gasteiger partial charge in [-0.15, -0.1) is 5.10 Å². The van der Waals surface area contributed by atoms with Crippen LogP contribution in [0.4, 0.5) is 0 Å². The molecule has 0 radical (unpaired) electrons. The van der Waals surface area contributed by atoms with Gasteiger partial charge in [-0.3, -0.25) is 4.90 Å². The van der Waals surface area contributed by atoms with Gasteiger partial charge in [0.15, 0.2) is 5.69 Å². The van der Waals surface area contributed by atoms with Crippen LogP contribution < -0.4 is 0 Å². The summed E-state index contributed by atoms with van der Waals surface area (Å²) in [4.78, 5) is 15.8. The Kier molecular flexibility index (Phi) is 3.95. The summed E-state index contributed by atoms with van der Waals surface area (Å²) in [7, 11) is 0. The molecular weight excluding hydrogens is 270 g/mol. The molecule has 2 aliphatic rings. The first-order valence-electron chi connectivity index (χ1n) is 7.68. The number of rotatable bonds is 4. The summed E-state index contributed by atoms with van der Waals surface area (Å²) in [5.41, 5.74) is 0.0266. The van der Waals surface area contributed by atoms with Crippen LogP contribution in [0.1, 0.15) is 43.2 Å². The van der Waals surface area contributed by atoms with Crippen molar-refractivity contribution in [1.82, 2.24) is 24.8 Å². The van der Waals surface area contributed by atoms with Gasteiger partial charge in [-0.2, -0.15) is 0 Å². The van der Waals surface area contributed by atoms with Gasteiger partial charge >= 0.3 is 5.97 Å². The van der Waals surface area contributed by atoms with Crippen molar-refractivity contribution >= 4 is 5.97 Å². The van der Waals surface area contributed by atoms with Crippen LogP contribution in [-0.4, -0.2) is 74.1 Å². The molecule has 21 heavy (non-hydrogen) atoms. The van der Waals surface area contributed by atoms with Crippen LogP contribution in [0.3, 0.4) is 0 Å². The number of nitrogens with zero attached hydrogens (tertiary/aromatic N) is 5. The number of piperidine rings is 1. The molecule has 1 N–H and O–H groups in total. The fraction of sp³-hybridized carbons (Fsp3) is 0.786. The standard InChI is InChI=1S/C14H23N5O2/c1-10(2)17-5-3-11(4-6-17)18-7-12(8-18)19-9-13(14(20)21)15-16-19/h9-12H,3-8H2,1-2H3,(H,20,21). The molecule has 0 aliphatic carbocycles. The minimum absolute atomic E-state index is 0.0266. The molecule has 0 amide bonds. The first-order valence-corrected chi connectivity index (χ1v) is 7.68. The summed E-state index contributed by atoms with van der Waals surface area (Å²) in [5.74, 6) is -1.02. The second kappa shape index (κ2) is 5.73. The van der Waals surface area contributed by atoms with Gasteiger partial charge in [0.1, 0.15) is 0 Å². The highest BCUT2D eigenvalue weighted by molar-refractivity contribution is 5.84. The molecule has 1 aromatic rings. The third-order valence-corrected chi connectivity index (χ3v) is 4.74. The maximum atomic E-state index is 10.8. The Labute approximate surface area is 124 Å². The molecule has 3 heterocycles. The van der Waals surface area contributed by atoms with E-state index in [1.807, 2.05) is 0 Å². The van der Waals surface area contributed by atoms with E-state index < -0.39 is 5.97 Å². The van der Waals surface area contributed by atoms with Crippen LogP contribution in [0.5, 0.6) is 0 Å². The summed E-state index contributed by atoms with van der Waals surface area (Å²) in [6.07, 6.45) is 3.98. The molecule has 0 spiro atoms. The number of carboxylic acids is 1. The van der Waals surface area contributed by atoms with Crippen LogP contribution >= 0.6 is 0 Å². The van der Waals surface area contributed by atoms with Gasteiger partial charge in [0.05, 0.1) is 12.2 Å². The largest absolute Gasteiger partial charge is 0.476 e.